The lowest BCUT2D eigenvalue weighted by Gasteiger charge is -2.01. The maximum atomic E-state index is 9.65. The van der Waals surface area contributed by atoms with Gasteiger partial charge in [-0.3, -0.25) is 0 Å². The molecule has 1 aromatic rings. The Hall–Kier alpha value is -1.26. The monoisotopic (exact) mass is 188 g/mol. The van der Waals surface area contributed by atoms with Crippen LogP contribution in [0.4, 0.5) is 0 Å². The van der Waals surface area contributed by atoms with Crippen molar-refractivity contribution in [1.82, 2.24) is 0 Å². The molecule has 0 heterocycles. The van der Waals surface area contributed by atoms with Gasteiger partial charge in [-0.15, -0.1) is 5.92 Å². The summed E-state index contributed by atoms with van der Waals surface area (Å²) in [6.45, 7) is 2.13. The molecular weight excluding hydrogens is 172 g/mol. The van der Waals surface area contributed by atoms with Gasteiger partial charge in [0.25, 0.3) is 0 Å². The second-order valence-corrected chi connectivity index (χ2v) is 3.24. The second-order valence-electron chi connectivity index (χ2n) is 3.24. The average molecular weight is 188 g/mol. The first kappa shape index (κ1) is 10.8. The Labute approximate surface area is 85.8 Å². The molecule has 0 aliphatic heterocycles. The van der Waals surface area contributed by atoms with Crippen LogP contribution in [0.25, 0.3) is 0 Å². The van der Waals surface area contributed by atoms with E-state index >= 15 is 0 Å². The van der Waals surface area contributed by atoms with Crippen LogP contribution in [0.15, 0.2) is 30.3 Å². The van der Waals surface area contributed by atoms with Crippen LogP contribution in [0.2, 0.25) is 0 Å². The van der Waals surface area contributed by atoms with Crippen molar-refractivity contribution < 1.29 is 5.11 Å². The molecule has 0 saturated heterocycles. The van der Waals surface area contributed by atoms with Gasteiger partial charge in [-0.1, -0.05) is 49.6 Å². The number of unbranched alkanes of at least 4 members (excludes halogenated alkanes) is 2. The first-order valence-corrected chi connectivity index (χ1v) is 5.06. The number of aliphatic hydroxyl groups is 1. The van der Waals surface area contributed by atoms with Crippen molar-refractivity contribution in [1.29, 1.82) is 0 Å². The highest BCUT2D eigenvalue weighted by Gasteiger charge is 2.00. The van der Waals surface area contributed by atoms with E-state index in [1.165, 1.54) is 0 Å². The molecule has 1 N–H and O–H groups in total. The summed E-state index contributed by atoms with van der Waals surface area (Å²) in [6.07, 6.45) is 2.50. The molecule has 0 radical (unpaired) electrons. The van der Waals surface area contributed by atoms with E-state index in [4.69, 9.17) is 0 Å². The van der Waals surface area contributed by atoms with Crippen molar-refractivity contribution in [2.24, 2.45) is 0 Å². The molecule has 0 bridgehead atoms. The van der Waals surface area contributed by atoms with Crippen molar-refractivity contribution in [3.63, 3.8) is 0 Å². The highest BCUT2D eigenvalue weighted by atomic mass is 16.3. The summed E-state index contributed by atoms with van der Waals surface area (Å²) in [7, 11) is 0. The van der Waals surface area contributed by atoms with E-state index in [2.05, 4.69) is 18.8 Å². The van der Waals surface area contributed by atoms with Crippen molar-refractivity contribution in [2.45, 2.75) is 32.3 Å². The molecule has 14 heavy (non-hydrogen) atoms. The molecule has 0 saturated carbocycles. The second kappa shape index (κ2) is 6.23. The van der Waals surface area contributed by atoms with E-state index in [-0.39, 0.29) is 0 Å². The van der Waals surface area contributed by atoms with Gasteiger partial charge >= 0.3 is 0 Å². The van der Waals surface area contributed by atoms with E-state index < -0.39 is 6.10 Å². The fourth-order valence-corrected chi connectivity index (χ4v) is 1.15. The summed E-state index contributed by atoms with van der Waals surface area (Å²) in [5.74, 6) is 5.82. The lowest BCUT2D eigenvalue weighted by Crippen LogP contribution is -1.92. The molecule has 74 valence electrons. The Kier molecular flexibility index (Phi) is 4.82. The average Bonchev–Trinajstić information content (AvgIpc) is 2.25. The number of aliphatic hydroxyl groups excluding tert-OH is 1. The van der Waals surface area contributed by atoms with E-state index in [1.54, 1.807) is 0 Å². The first-order chi connectivity index (χ1) is 6.84. The van der Waals surface area contributed by atoms with Gasteiger partial charge in [-0.05, 0) is 12.0 Å². The Bertz CT molecular complexity index is 305. The minimum absolute atomic E-state index is 0.631. The lowest BCUT2D eigenvalue weighted by molar-refractivity contribution is 0.238. The van der Waals surface area contributed by atoms with Crippen molar-refractivity contribution in [3.8, 4) is 11.8 Å². The zero-order valence-electron chi connectivity index (χ0n) is 8.53. The summed E-state index contributed by atoms with van der Waals surface area (Å²) in [5.41, 5.74) is 0.872. The Morgan fingerprint density at radius 3 is 2.64 bits per heavy atom. The predicted molar refractivity (Wildman–Crippen MR) is 58.7 cm³/mol. The molecule has 0 unspecified atom stereocenters. The highest BCUT2D eigenvalue weighted by Crippen LogP contribution is 2.10. The Balaban J connectivity index is 2.49. The number of hydrogen-bond acceptors (Lipinski definition) is 1. The Morgan fingerprint density at radius 1 is 1.29 bits per heavy atom. The third kappa shape index (κ3) is 3.64. The van der Waals surface area contributed by atoms with Crippen molar-refractivity contribution in [3.05, 3.63) is 35.9 Å². The number of hydrogen-bond donors (Lipinski definition) is 1. The number of benzene rings is 1. The summed E-state index contributed by atoms with van der Waals surface area (Å²) in [6, 6.07) is 9.53. The maximum absolute atomic E-state index is 9.65. The van der Waals surface area contributed by atoms with E-state index in [9.17, 15) is 5.11 Å². The van der Waals surface area contributed by atoms with Crippen molar-refractivity contribution >= 4 is 0 Å². The first-order valence-electron chi connectivity index (χ1n) is 5.06. The predicted octanol–water partition coefficient (Wildman–Crippen LogP) is 2.91. The molecule has 1 nitrogen and oxygen atoms in total. The zero-order valence-corrected chi connectivity index (χ0v) is 8.53. The van der Waals surface area contributed by atoms with Crippen LogP contribution >= 0.6 is 0 Å². The van der Waals surface area contributed by atoms with E-state index in [0.29, 0.717) is 0 Å². The summed E-state index contributed by atoms with van der Waals surface area (Å²) in [5, 5.41) is 9.65. The van der Waals surface area contributed by atoms with Crippen LogP contribution in [-0.4, -0.2) is 5.11 Å². The fraction of sp³-hybridized carbons (Fsp3) is 0.385. The molecule has 0 amide bonds. The largest absolute Gasteiger partial charge is 0.376 e. The molecule has 1 heteroatoms. The maximum Gasteiger partial charge on any atom is 0.140 e. The van der Waals surface area contributed by atoms with Crippen molar-refractivity contribution in [2.75, 3.05) is 0 Å². The molecule has 1 aromatic carbocycles. The molecule has 1 atom stereocenters. The van der Waals surface area contributed by atoms with Crippen LogP contribution in [0.3, 0.4) is 0 Å². The summed E-state index contributed by atoms with van der Waals surface area (Å²) >= 11 is 0. The smallest absolute Gasteiger partial charge is 0.140 e. The van der Waals surface area contributed by atoms with Crippen LogP contribution in [0.1, 0.15) is 37.9 Å². The zero-order chi connectivity index (χ0) is 10.2. The van der Waals surface area contributed by atoms with Gasteiger partial charge in [0, 0.05) is 6.42 Å². The molecule has 0 aliphatic carbocycles. The van der Waals surface area contributed by atoms with Gasteiger partial charge in [0.05, 0.1) is 0 Å². The van der Waals surface area contributed by atoms with Crippen LogP contribution in [0.5, 0.6) is 0 Å². The Morgan fingerprint density at radius 2 is 2.00 bits per heavy atom. The fourth-order valence-electron chi connectivity index (χ4n) is 1.15. The third-order valence-electron chi connectivity index (χ3n) is 2.01. The standard InChI is InChI=1S/C13H16O/c1-2-3-4-8-11-13(14)12-9-6-5-7-10-12/h5-7,9-10,13-14H,2-4H2,1H3/t13-/m1/s1. The summed E-state index contributed by atoms with van der Waals surface area (Å²) < 4.78 is 0. The van der Waals surface area contributed by atoms with Gasteiger partial charge < -0.3 is 5.11 Å². The highest BCUT2D eigenvalue weighted by molar-refractivity contribution is 5.24. The summed E-state index contributed by atoms with van der Waals surface area (Å²) in [4.78, 5) is 0. The van der Waals surface area contributed by atoms with Gasteiger partial charge in [0.2, 0.25) is 0 Å². The van der Waals surface area contributed by atoms with E-state index in [0.717, 1.165) is 24.8 Å². The minimum Gasteiger partial charge on any atom is -0.376 e. The van der Waals surface area contributed by atoms with Gasteiger partial charge in [0.1, 0.15) is 6.10 Å². The SMILES string of the molecule is CCCCC#C[C@@H](O)c1ccccc1. The normalized spacial score (nSPS) is 11.6. The van der Waals surface area contributed by atoms with Crippen LogP contribution in [-0.2, 0) is 0 Å². The van der Waals surface area contributed by atoms with Crippen LogP contribution in [0, 0.1) is 11.8 Å². The quantitative estimate of drug-likeness (QED) is 0.571. The molecule has 0 aromatic heterocycles. The van der Waals surface area contributed by atoms with E-state index in [1.807, 2.05) is 30.3 Å². The topological polar surface area (TPSA) is 20.2 Å². The molecule has 1 rings (SSSR count). The molecular formula is C13H16O. The van der Waals surface area contributed by atoms with Gasteiger partial charge in [-0.25, -0.2) is 0 Å². The number of rotatable bonds is 3. The van der Waals surface area contributed by atoms with Crippen LogP contribution < -0.4 is 0 Å². The molecule has 0 spiro atoms. The minimum atomic E-state index is -0.631. The third-order valence-corrected chi connectivity index (χ3v) is 2.01. The lowest BCUT2D eigenvalue weighted by atomic mass is 10.1. The molecule has 0 fully saturated rings. The van der Waals surface area contributed by atoms with Gasteiger partial charge in [0.15, 0.2) is 0 Å². The molecule has 0 aliphatic rings. The van der Waals surface area contributed by atoms with Gasteiger partial charge in [-0.2, -0.15) is 0 Å².